The predicted octanol–water partition coefficient (Wildman–Crippen LogP) is 2.01. The van der Waals surface area contributed by atoms with Crippen molar-refractivity contribution in [3.63, 3.8) is 0 Å². The van der Waals surface area contributed by atoms with Crippen molar-refractivity contribution in [3.05, 3.63) is 29.8 Å². The second-order valence-corrected chi connectivity index (χ2v) is 5.10. The molecule has 120 valence electrons. The van der Waals surface area contributed by atoms with E-state index in [4.69, 9.17) is 14.2 Å². The first kappa shape index (κ1) is 17.8. The van der Waals surface area contributed by atoms with E-state index in [2.05, 4.69) is 0 Å². The van der Waals surface area contributed by atoms with Crippen LogP contribution in [0.3, 0.4) is 0 Å². The van der Waals surface area contributed by atoms with Gasteiger partial charge >= 0.3 is 11.9 Å². The molecule has 0 N–H and O–H groups in total. The van der Waals surface area contributed by atoms with Gasteiger partial charge in [0.05, 0.1) is 12.2 Å². The molecule has 0 unspecified atom stereocenters. The van der Waals surface area contributed by atoms with Crippen LogP contribution in [0.25, 0.3) is 0 Å². The minimum absolute atomic E-state index is 0.172. The van der Waals surface area contributed by atoms with Gasteiger partial charge in [0.2, 0.25) is 0 Å². The van der Waals surface area contributed by atoms with Crippen LogP contribution in [0.15, 0.2) is 24.3 Å². The van der Waals surface area contributed by atoms with Crippen molar-refractivity contribution < 1.29 is 28.6 Å². The van der Waals surface area contributed by atoms with Gasteiger partial charge in [-0.05, 0) is 25.0 Å². The quantitative estimate of drug-likeness (QED) is 0.415. The molecule has 1 aromatic rings. The van der Waals surface area contributed by atoms with E-state index in [1.807, 2.05) is 13.8 Å². The van der Waals surface area contributed by atoms with Crippen molar-refractivity contribution in [2.24, 2.45) is 5.92 Å². The first-order valence-corrected chi connectivity index (χ1v) is 6.94. The summed E-state index contributed by atoms with van der Waals surface area (Å²) in [6.45, 7) is 4.79. The van der Waals surface area contributed by atoms with Gasteiger partial charge in [0, 0.05) is 0 Å². The summed E-state index contributed by atoms with van der Waals surface area (Å²) >= 11 is 0. The lowest BCUT2D eigenvalue weighted by Gasteiger charge is -2.09. The Morgan fingerprint density at radius 3 is 2.32 bits per heavy atom. The second-order valence-electron chi connectivity index (χ2n) is 5.10. The van der Waals surface area contributed by atoms with Gasteiger partial charge in [0.25, 0.3) is 0 Å². The molecule has 22 heavy (non-hydrogen) atoms. The Hall–Kier alpha value is -2.21. The van der Waals surface area contributed by atoms with Gasteiger partial charge in [-0.3, -0.25) is 4.79 Å². The molecule has 0 aliphatic rings. The van der Waals surface area contributed by atoms with Gasteiger partial charge in [0.1, 0.15) is 19.0 Å². The van der Waals surface area contributed by atoms with Crippen molar-refractivity contribution in [1.29, 1.82) is 0 Å². The first-order valence-electron chi connectivity index (χ1n) is 6.94. The molecule has 6 heteroatoms. The Kier molecular flexibility index (Phi) is 7.25. The minimum atomic E-state index is -0.689. The highest BCUT2D eigenvalue weighted by Crippen LogP contribution is 2.18. The number of ether oxygens (including phenoxy) is 3. The molecular weight excluding hydrogens is 288 g/mol. The van der Waals surface area contributed by atoms with Crippen LogP contribution in [-0.2, 0) is 19.1 Å². The summed E-state index contributed by atoms with van der Waals surface area (Å²) in [6.07, 6.45) is 0. The minimum Gasteiger partial charge on any atom is -0.464 e. The van der Waals surface area contributed by atoms with Crippen LogP contribution in [0.1, 0.15) is 31.1 Å². The molecule has 0 bridgehead atoms. The number of benzene rings is 1. The average molecular weight is 308 g/mol. The number of carbonyl (C=O) groups is 3. The van der Waals surface area contributed by atoms with Crippen molar-refractivity contribution in [1.82, 2.24) is 0 Å². The SMILES string of the molecule is CC(=O)c1ccccc1OC(=O)COCC(=O)OCC(C)C. The first-order chi connectivity index (χ1) is 10.4. The van der Waals surface area contributed by atoms with Crippen molar-refractivity contribution in [3.8, 4) is 5.75 Å². The smallest absolute Gasteiger partial charge is 0.337 e. The summed E-state index contributed by atoms with van der Waals surface area (Å²) in [7, 11) is 0. The van der Waals surface area contributed by atoms with E-state index in [0.29, 0.717) is 12.2 Å². The molecule has 0 radical (unpaired) electrons. The van der Waals surface area contributed by atoms with E-state index in [0.717, 1.165) is 0 Å². The van der Waals surface area contributed by atoms with E-state index in [1.54, 1.807) is 18.2 Å². The summed E-state index contributed by atoms with van der Waals surface area (Å²) < 4.78 is 14.9. The highest BCUT2D eigenvalue weighted by Gasteiger charge is 2.13. The monoisotopic (exact) mass is 308 g/mol. The molecular formula is C16H20O6. The Labute approximate surface area is 129 Å². The number of rotatable bonds is 8. The number of hydrogen-bond donors (Lipinski definition) is 0. The fourth-order valence-corrected chi connectivity index (χ4v) is 1.52. The summed E-state index contributed by atoms with van der Waals surface area (Å²) in [6, 6.07) is 6.41. The second kappa shape index (κ2) is 8.94. The highest BCUT2D eigenvalue weighted by atomic mass is 16.6. The Morgan fingerprint density at radius 1 is 1.05 bits per heavy atom. The molecule has 6 nitrogen and oxygen atoms in total. The highest BCUT2D eigenvalue weighted by molar-refractivity contribution is 5.97. The molecule has 0 fully saturated rings. The number of carbonyl (C=O) groups excluding carboxylic acids is 3. The van der Waals surface area contributed by atoms with Crippen LogP contribution >= 0.6 is 0 Å². The maximum atomic E-state index is 11.6. The molecule has 0 saturated heterocycles. The van der Waals surface area contributed by atoms with Crippen LogP contribution in [0, 0.1) is 5.92 Å². The van der Waals surface area contributed by atoms with E-state index in [-0.39, 0.29) is 24.1 Å². The Balaban J connectivity index is 2.38. The summed E-state index contributed by atoms with van der Waals surface area (Å²) in [5.74, 6) is -1.03. The van der Waals surface area contributed by atoms with Gasteiger partial charge in [0.15, 0.2) is 5.78 Å². The maximum Gasteiger partial charge on any atom is 0.337 e. The molecule has 0 heterocycles. The average Bonchev–Trinajstić information content (AvgIpc) is 2.45. The Morgan fingerprint density at radius 2 is 1.68 bits per heavy atom. The third kappa shape index (κ3) is 6.49. The molecule has 0 spiro atoms. The number of ketones is 1. The largest absolute Gasteiger partial charge is 0.464 e. The fourth-order valence-electron chi connectivity index (χ4n) is 1.52. The van der Waals surface area contributed by atoms with Gasteiger partial charge in [-0.25, -0.2) is 9.59 Å². The van der Waals surface area contributed by atoms with E-state index < -0.39 is 18.5 Å². The third-order valence-electron chi connectivity index (χ3n) is 2.51. The van der Waals surface area contributed by atoms with Crippen LogP contribution in [-0.4, -0.2) is 37.5 Å². The summed E-state index contributed by atoms with van der Waals surface area (Å²) in [4.78, 5) is 34.3. The van der Waals surface area contributed by atoms with Crippen molar-refractivity contribution in [2.75, 3.05) is 19.8 Å². The normalized spacial score (nSPS) is 10.4. The van der Waals surface area contributed by atoms with Crippen molar-refractivity contribution in [2.45, 2.75) is 20.8 Å². The summed E-state index contributed by atoms with van der Waals surface area (Å²) in [5.41, 5.74) is 0.312. The lowest BCUT2D eigenvalue weighted by molar-refractivity contribution is -0.152. The van der Waals surface area contributed by atoms with E-state index >= 15 is 0 Å². The van der Waals surface area contributed by atoms with Gasteiger partial charge < -0.3 is 14.2 Å². The van der Waals surface area contributed by atoms with Crippen LogP contribution in [0.5, 0.6) is 5.75 Å². The molecule has 0 aliphatic carbocycles. The number of para-hydroxylation sites is 1. The van der Waals surface area contributed by atoms with Crippen LogP contribution < -0.4 is 4.74 Å². The third-order valence-corrected chi connectivity index (χ3v) is 2.51. The zero-order valence-electron chi connectivity index (χ0n) is 13.0. The number of hydrogen-bond acceptors (Lipinski definition) is 6. The molecule has 0 atom stereocenters. The zero-order chi connectivity index (χ0) is 16.5. The van der Waals surface area contributed by atoms with E-state index in [1.165, 1.54) is 13.0 Å². The lowest BCUT2D eigenvalue weighted by atomic mass is 10.1. The van der Waals surface area contributed by atoms with Gasteiger partial charge in [-0.15, -0.1) is 0 Å². The standard InChI is InChI=1S/C16H20O6/c1-11(2)8-21-15(18)9-20-10-16(19)22-14-7-5-4-6-13(14)12(3)17/h4-7,11H,8-10H2,1-3H3. The fraction of sp³-hybridized carbons (Fsp3) is 0.438. The number of Topliss-reactive ketones (excluding diaryl/α,β-unsaturated/α-hetero) is 1. The van der Waals surface area contributed by atoms with Crippen LogP contribution in [0.2, 0.25) is 0 Å². The molecule has 0 saturated carbocycles. The van der Waals surface area contributed by atoms with E-state index in [9.17, 15) is 14.4 Å². The van der Waals surface area contributed by atoms with Gasteiger partial charge in [-0.2, -0.15) is 0 Å². The van der Waals surface area contributed by atoms with Crippen LogP contribution in [0.4, 0.5) is 0 Å². The van der Waals surface area contributed by atoms with Gasteiger partial charge in [-0.1, -0.05) is 26.0 Å². The zero-order valence-corrected chi connectivity index (χ0v) is 13.0. The predicted molar refractivity (Wildman–Crippen MR) is 78.7 cm³/mol. The molecule has 1 aromatic carbocycles. The molecule has 0 aliphatic heterocycles. The summed E-state index contributed by atoms with van der Waals surface area (Å²) in [5, 5.41) is 0. The lowest BCUT2D eigenvalue weighted by Crippen LogP contribution is -2.21. The number of esters is 2. The maximum absolute atomic E-state index is 11.6. The Bertz CT molecular complexity index is 535. The topological polar surface area (TPSA) is 78.9 Å². The molecule has 0 amide bonds. The van der Waals surface area contributed by atoms with Crippen molar-refractivity contribution >= 4 is 17.7 Å². The molecule has 1 rings (SSSR count). The molecule has 0 aromatic heterocycles.